The van der Waals surface area contributed by atoms with Crippen molar-refractivity contribution in [3.05, 3.63) is 0 Å². The van der Waals surface area contributed by atoms with E-state index in [1.807, 2.05) is 0 Å². The number of aliphatic carboxylic acids is 1. The molecule has 78 valence electrons. The van der Waals surface area contributed by atoms with Crippen LogP contribution in [0.4, 0.5) is 0 Å². The third-order valence-corrected chi connectivity index (χ3v) is 4.52. The van der Waals surface area contributed by atoms with Crippen LogP contribution in [-0.4, -0.2) is 37.0 Å². The average molecular weight is 236 g/mol. The summed E-state index contributed by atoms with van der Waals surface area (Å²) >= 11 is 7.48. The molecule has 0 aliphatic carbocycles. The smallest absolute Gasteiger partial charge is 0.327 e. The van der Waals surface area contributed by atoms with Gasteiger partial charge in [0.25, 0.3) is 0 Å². The standard InChI is InChI=1S/C8H10ClNO3S/c1-7(2)5(6(12)13)10-4(11)3-8(10,9)14-7/h5H,3H2,1-2H3,(H,12,13)/t5-,8?/m0/s1. The van der Waals surface area contributed by atoms with Crippen molar-refractivity contribution >= 4 is 35.2 Å². The lowest BCUT2D eigenvalue weighted by Gasteiger charge is -2.42. The molecule has 0 saturated carbocycles. The second-order valence-corrected chi connectivity index (χ2v) is 6.86. The molecule has 6 heteroatoms. The number of carbonyl (C=O) groups is 2. The number of alkyl halides is 1. The van der Waals surface area contributed by atoms with Crippen LogP contribution in [-0.2, 0) is 9.59 Å². The Morgan fingerprint density at radius 3 is 2.64 bits per heavy atom. The summed E-state index contributed by atoms with van der Waals surface area (Å²) in [5, 5.41) is 9.04. The van der Waals surface area contributed by atoms with Gasteiger partial charge in [-0.2, -0.15) is 0 Å². The van der Waals surface area contributed by atoms with Crippen LogP contribution in [0.5, 0.6) is 0 Å². The number of carbonyl (C=O) groups excluding carboxylic acids is 1. The molecule has 4 nitrogen and oxygen atoms in total. The van der Waals surface area contributed by atoms with Crippen LogP contribution in [0.25, 0.3) is 0 Å². The number of hydrogen-bond donors (Lipinski definition) is 1. The van der Waals surface area contributed by atoms with Crippen molar-refractivity contribution in [3.8, 4) is 0 Å². The molecule has 0 aromatic carbocycles. The first kappa shape index (κ1) is 10.1. The van der Waals surface area contributed by atoms with Crippen LogP contribution in [0.2, 0.25) is 0 Å². The Labute approximate surface area is 90.6 Å². The average Bonchev–Trinajstić information content (AvgIpc) is 2.13. The van der Waals surface area contributed by atoms with Crippen molar-refractivity contribution in [1.29, 1.82) is 0 Å². The number of fused-ring (bicyclic) bond motifs is 1. The first-order valence-corrected chi connectivity index (χ1v) is 5.41. The Bertz CT molecular complexity index is 333. The van der Waals surface area contributed by atoms with E-state index in [0.29, 0.717) is 0 Å². The third kappa shape index (κ3) is 1.08. The Morgan fingerprint density at radius 1 is 1.71 bits per heavy atom. The van der Waals surface area contributed by atoms with E-state index in [9.17, 15) is 9.59 Å². The fourth-order valence-corrected chi connectivity index (χ4v) is 4.58. The molecule has 2 atom stereocenters. The molecule has 0 radical (unpaired) electrons. The summed E-state index contributed by atoms with van der Waals surface area (Å²) in [5.74, 6) is -1.16. The molecule has 1 amide bonds. The summed E-state index contributed by atoms with van der Waals surface area (Å²) in [6, 6.07) is -0.814. The summed E-state index contributed by atoms with van der Waals surface area (Å²) in [7, 11) is 0. The highest BCUT2D eigenvalue weighted by molar-refractivity contribution is 8.03. The maximum atomic E-state index is 11.3. The molecule has 2 saturated heterocycles. The van der Waals surface area contributed by atoms with E-state index in [4.69, 9.17) is 16.7 Å². The summed E-state index contributed by atoms with van der Waals surface area (Å²) in [5.41, 5.74) is 0. The van der Waals surface area contributed by atoms with Crippen molar-refractivity contribution in [2.75, 3.05) is 0 Å². The number of carboxylic acids is 1. The summed E-state index contributed by atoms with van der Waals surface area (Å²) < 4.78 is -1.34. The minimum absolute atomic E-state index is 0.175. The number of hydrogen-bond acceptors (Lipinski definition) is 3. The van der Waals surface area contributed by atoms with Crippen molar-refractivity contribution in [2.24, 2.45) is 0 Å². The highest BCUT2D eigenvalue weighted by Gasteiger charge is 2.67. The molecule has 1 N–H and O–H groups in total. The molecule has 0 bridgehead atoms. The number of amides is 1. The topological polar surface area (TPSA) is 57.6 Å². The number of thioether (sulfide) groups is 1. The largest absolute Gasteiger partial charge is 0.480 e. The van der Waals surface area contributed by atoms with Gasteiger partial charge in [-0.25, -0.2) is 4.79 Å². The van der Waals surface area contributed by atoms with Gasteiger partial charge in [-0.05, 0) is 13.8 Å². The molecule has 0 aromatic heterocycles. The normalized spacial score (nSPS) is 39.2. The van der Waals surface area contributed by atoms with Gasteiger partial charge in [0, 0.05) is 4.75 Å². The van der Waals surface area contributed by atoms with Crippen molar-refractivity contribution < 1.29 is 14.7 Å². The van der Waals surface area contributed by atoms with Crippen LogP contribution in [0.15, 0.2) is 0 Å². The maximum Gasteiger partial charge on any atom is 0.327 e. The van der Waals surface area contributed by atoms with E-state index >= 15 is 0 Å². The van der Waals surface area contributed by atoms with Crippen molar-refractivity contribution in [3.63, 3.8) is 0 Å². The van der Waals surface area contributed by atoms with E-state index in [1.165, 1.54) is 16.7 Å². The van der Waals surface area contributed by atoms with Gasteiger partial charge in [0.15, 0.2) is 4.33 Å². The maximum absolute atomic E-state index is 11.3. The monoisotopic (exact) mass is 235 g/mol. The number of carboxylic acid groups (broad SMARTS) is 1. The molecule has 1 unspecified atom stereocenters. The fraction of sp³-hybridized carbons (Fsp3) is 0.750. The highest BCUT2D eigenvalue weighted by Crippen LogP contribution is 2.60. The molecule has 2 aliphatic rings. The lowest BCUT2D eigenvalue weighted by atomic mass is 9.98. The first-order valence-electron chi connectivity index (χ1n) is 4.22. The van der Waals surface area contributed by atoms with Crippen LogP contribution in [0, 0.1) is 0 Å². The molecule has 0 aromatic rings. The van der Waals surface area contributed by atoms with Crippen LogP contribution < -0.4 is 0 Å². The van der Waals surface area contributed by atoms with Crippen LogP contribution >= 0.6 is 23.4 Å². The molecule has 2 fully saturated rings. The van der Waals surface area contributed by atoms with Gasteiger partial charge in [0.05, 0.1) is 6.42 Å². The van der Waals surface area contributed by atoms with Gasteiger partial charge in [-0.3, -0.25) is 9.69 Å². The molecule has 2 aliphatic heterocycles. The Hall–Kier alpha value is -0.420. The van der Waals surface area contributed by atoms with Crippen LogP contribution in [0.3, 0.4) is 0 Å². The van der Waals surface area contributed by atoms with Gasteiger partial charge >= 0.3 is 5.97 Å². The lowest BCUT2D eigenvalue weighted by molar-refractivity contribution is -0.159. The van der Waals surface area contributed by atoms with Crippen molar-refractivity contribution in [2.45, 2.75) is 35.4 Å². The van der Waals surface area contributed by atoms with Gasteiger partial charge in [-0.15, -0.1) is 11.8 Å². The molecular formula is C8H10ClNO3S. The Morgan fingerprint density at radius 2 is 2.29 bits per heavy atom. The van der Waals surface area contributed by atoms with E-state index < -0.39 is 21.1 Å². The van der Waals surface area contributed by atoms with Gasteiger partial charge < -0.3 is 5.11 Å². The zero-order valence-electron chi connectivity index (χ0n) is 7.78. The fourth-order valence-electron chi connectivity index (χ4n) is 2.05. The van der Waals surface area contributed by atoms with Crippen molar-refractivity contribution in [1.82, 2.24) is 4.90 Å². The number of nitrogens with zero attached hydrogens (tertiary/aromatic N) is 1. The molecule has 2 rings (SSSR count). The van der Waals surface area contributed by atoms with Crippen LogP contribution in [0.1, 0.15) is 20.3 Å². The summed E-state index contributed by atoms with van der Waals surface area (Å²) in [6.07, 6.45) is 0.229. The zero-order valence-corrected chi connectivity index (χ0v) is 9.35. The highest BCUT2D eigenvalue weighted by atomic mass is 35.5. The predicted octanol–water partition coefficient (Wildman–Crippen LogP) is 1.09. The number of rotatable bonds is 1. The zero-order chi connectivity index (χ0) is 10.7. The third-order valence-electron chi connectivity index (χ3n) is 2.57. The van der Waals surface area contributed by atoms with Gasteiger partial charge in [-0.1, -0.05) is 11.6 Å². The molecule has 14 heavy (non-hydrogen) atoms. The van der Waals surface area contributed by atoms with Gasteiger partial charge in [0.1, 0.15) is 6.04 Å². The number of halogens is 1. The molecular weight excluding hydrogens is 226 g/mol. The quantitative estimate of drug-likeness (QED) is 0.420. The van der Waals surface area contributed by atoms with E-state index in [2.05, 4.69) is 0 Å². The minimum Gasteiger partial charge on any atom is -0.480 e. The first-order chi connectivity index (χ1) is 6.28. The predicted molar refractivity (Wildman–Crippen MR) is 53.1 cm³/mol. The van der Waals surface area contributed by atoms with E-state index in [-0.39, 0.29) is 12.3 Å². The molecule has 2 heterocycles. The number of β-lactam (4-membered cyclic amide) rings is 1. The van der Waals surface area contributed by atoms with Gasteiger partial charge in [0.2, 0.25) is 5.91 Å². The second-order valence-electron chi connectivity index (χ2n) is 4.08. The second kappa shape index (κ2) is 2.58. The van der Waals surface area contributed by atoms with E-state index in [1.54, 1.807) is 13.8 Å². The Balaban J connectivity index is 2.39. The summed E-state index contributed by atoms with van der Waals surface area (Å²) in [4.78, 5) is 23.6. The minimum atomic E-state index is -0.988. The SMILES string of the molecule is CC1(C)SC2(Cl)CC(=O)N2[C@H]1C(=O)O. The summed E-state index contributed by atoms with van der Waals surface area (Å²) in [6.45, 7) is 3.60. The van der Waals surface area contributed by atoms with E-state index in [0.717, 1.165) is 0 Å². The Kier molecular flexibility index (Phi) is 1.86. The molecule has 0 spiro atoms. The lowest BCUT2D eigenvalue weighted by Crippen LogP contribution is -2.61.